The highest BCUT2D eigenvalue weighted by atomic mass is 32.2. The van der Waals surface area contributed by atoms with Crippen LogP contribution in [0.2, 0.25) is 0 Å². The fourth-order valence-corrected chi connectivity index (χ4v) is 7.00. The first-order valence-corrected chi connectivity index (χ1v) is 13.0. The van der Waals surface area contributed by atoms with Gasteiger partial charge < -0.3 is 5.32 Å². The molecular formula is C23H25N3O3S2. The summed E-state index contributed by atoms with van der Waals surface area (Å²) in [4.78, 5) is 17.6. The lowest BCUT2D eigenvalue weighted by atomic mass is 9.97. The molecule has 6 nitrogen and oxygen atoms in total. The minimum Gasteiger partial charge on any atom is -0.302 e. The Morgan fingerprint density at radius 1 is 1.10 bits per heavy atom. The van der Waals surface area contributed by atoms with Crippen LogP contribution in [0.25, 0.3) is 10.2 Å². The van der Waals surface area contributed by atoms with Gasteiger partial charge in [0, 0.05) is 19.0 Å². The van der Waals surface area contributed by atoms with Crippen molar-refractivity contribution in [3.05, 3.63) is 53.1 Å². The van der Waals surface area contributed by atoms with Crippen LogP contribution in [0.4, 0.5) is 5.13 Å². The Balaban J connectivity index is 1.23. The Kier molecular flexibility index (Phi) is 5.32. The normalized spacial score (nSPS) is 17.7. The molecule has 1 fully saturated rings. The molecule has 162 valence electrons. The first kappa shape index (κ1) is 20.6. The van der Waals surface area contributed by atoms with Crippen LogP contribution in [0.1, 0.15) is 36.0 Å². The second-order valence-corrected chi connectivity index (χ2v) is 11.4. The van der Waals surface area contributed by atoms with Crippen LogP contribution < -0.4 is 5.32 Å². The number of anilines is 1. The quantitative estimate of drug-likeness (QED) is 0.641. The number of aryl methyl sites for hydroxylation is 3. The molecule has 1 aliphatic heterocycles. The number of thiazole rings is 1. The Hall–Kier alpha value is -2.29. The molecule has 0 unspecified atom stereocenters. The van der Waals surface area contributed by atoms with Crippen LogP contribution in [0, 0.1) is 12.8 Å². The summed E-state index contributed by atoms with van der Waals surface area (Å²) < 4.78 is 28.8. The molecule has 0 radical (unpaired) electrons. The van der Waals surface area contributed by atoms with E-state index in [4.69, 9.17) is 0 Å². The lowest BCUT2D eigenvalue weighted by molar-refractivity contribution is -0.120. The smallest absolute Gasteiger partial charge is 0.243 e. The predicted molar refractivity (Wildman–Crippen MR) is 123 cm³/mol. The van der Waals surface area contributed by atoms with Gasteiger partial charge >= 0.3 is 0 Å². The van der Waals surface area contributed by atoms with Crippen LogP contribution in [-0.4, -0.2) is 36.7 Å². The number of hydrogen-bond acceptors (Lipinski definition) is 5. The third kappa shape index (κ3) is 4.00. The number of benzene rings is 2. The molecule has 5 rings (SSSR count). The summed E-state index contributed by atoms with van der Waals surface area (Å²) in [6, 6.07) is 11.5. The summed E-state index contributed by atoms with van der Waals surface area (Å²) >= 11 is 1.47. The first-order valence-electron chi connectivity index (χ1n) is 10.7. The average Bonchev–Trinajstić information content (AvgIpc) is 3.39. The zero-order chi connectivity index (χ0) is 21.6. The van der Waals surface area contributed by atoms with Crippen LogP contribution in [-0.2, 0) is 27.7 Å². The molecule has 0 atom stereocenters. The van der Waals surface area contributed by atoms with E-state index >= 15 is 0 Å². The monoisotopic (exact) mass is 455 g/mol. The van der Waals surface area contributed by atoms with E-state index in [9.17, 15) is 13.2 Å². The van der Waals surface area contributed by atoms with Crippen molar-refractivity contribution in [2.24, 2.45) is 5.92 Å². The fourth-order valence-electron chi connectivity index (χ4n) is 4.51. The van der Waals surface area contributed by atoms with Crippen molar-refractivity contribution in [1.29, 1.82) is 0 Å². The Morgan fingerprint density at radius 2 is 1.87 bits per heavy atom. The van der Waals surface area contributed by atoms with Gasteiger partial charge in [-0.1, -0.05) is 23.5 Å². The van der Waals surface area contributed by atoms with Crippen molar-refractivity contribution >= 4 is 42.6 Å². The molecule has 2 heterocycles. The number of amides is 1. The van der Waals surface area contributed by atoms with Gasteiger partial charge in [0.25, 0.3) is 0 Å². The van der Waals surface area contributed by atoms with Crippen molar-refractivity contribution in [2.45, 2.75) is 43.9 Å². The van der Waals surface area contributed by atoms with Gasteiger partial charge in [-0.2, -0.15) is 4.31 Å². The molecule has 2 aromatic carbocycles. The fraction of sp³-hybridized carbons (Fsp3) is 0.391. The van der Waals surface area contributed by atoms with E-state index < -0.39 is 10.0 Å². The molecule has 1 amide bonds. The second-order valence-electron chi connectivity index (χ2n) is 8.44. The van der Waals surface area contributed by atoms with Crippen LogP contribution in [0.5, 0.6) is 0 Å². The molecule has 1 N–H and O–H groups in total. The summed E-state index contributed by atoms with van der Waals surface area (Å²) in [5, 5.41) is 3.53. The molecule has 8 heteroatoms. The predicted octanol–water partition coefficient (Wildman–Crippen LogP) is 4.13. The summed E-state index contributed by atoms with van der Waals surface area (Å²) in [5.74, 6) is -0.287. The van der Waals surface area contributed by atoms with Crippen LogP contribution in [0.15, 0.2) is 41.3 Å². The standard InChI is InChI=1S/C23H25N3O3S2/c1-15-5-8-20-21(13-15)30-23(24-20)25-22(27)17-9-11-26(12-10-17)31(28,29)19-7-6-16-3-2-4-18(16)14-19/h5-8,13-14,17H,2-4,9-12H2,1H3,(H,24,25,27). The number of fused-ring (bicyclic) bond motifs is 2. The van der Waals surface area contributed by atoms with Gasteiger partial charge in [-0.15, -0.1) is 0 Å². The van der Waals surface area contributed by atoms with Gasteiger partial charge in [0.2, 0.25) is 15.9 Å². The second kappa shape index (κ2) is 8.00. The number of rotatable bonds is 4. The van der Waals surface area contributed by atoms with Crippen molar-refractivity contribution in [3.63, 3.8) is 0 Å². The number of carbonyl (C=O) groups excluding carboxylic acids is 1. The maximum atomic E-state index is 13.1. The molecule has 0 spiro atoms. The van der Waals surface area contributed by atoms with Crippen molar-refractivity contribution in [3.8, 4) is 0 Å². The van der Waals surface area contributed by atoms with Crippen molar-refractivity contribution in [1.82, 2.24) is 9.29 Å². The van der Waals surface area contributed by atoms with Gasteiger partial charge in [-0.3, -0.25) is 4.79 Å². The average molecular weight is 456 g/mol. The number of nitrogens with one attached hydrogen (secondary N) is 1. The van der Waals surface area contributed by atoms with E-state index in [1.54, 1.807) is 6.07 Å². The molecule has 1 saturated heterocycles. The van der Waals surface area contributed by atoms with Gasteiger partial charge in [0.1, 0.15) is 0 Å². The van der Waals surface area contributed by atoms with Crippen molar-refractivity contribution in [2.75, 3.05) is 18.4 Å². The summed E-state index contributed by atoms with van der Waals surface area (Å²) in [5.41, 5.74) is 4.45. The molecule has 0 bridgehead atoms. The SMILES string of the molecule is Cc1ccc2nc(NC(=O)C3CCN(S(=O)(=O)c4ccc5c(c4)CCC5)CC3)sc2c1. The molecule has 0 saturated carbocycles. The van der Waals surface area contributed by atoms with Gasteiger partial charge in [-0.25, -0.2) is 13.4 Å². The van der Waals surface area contributed by atoms with E-state index in [1.807, 2.05) is 31.2 Å². The first-order chi connectivity index (χ1) is 14.9. The summed E-state index contributed by atoms with van der Waals surface area (Å²) in [7, 11) is -3.52. The molecule has 1 aromatic heterocycles. The number of sulfonamides is 1. The third-order valence-electron chi connectivity index (χ3n) is 6.31. The number of aromatic nitrogens is 1. The van der Waals surface area contributed by atoms with Crippen molar-refractivity contribution < 1.29 is 13.2 Å². The zero-order valence-electron chi connectivity index (χ0n) is 17.4. The summed E-state index contributed by atoms with van der Waals surface area (Å²) in [6.45, 7) is 2.75. The Morgan fingerprint density at radius 3 is 2.68 bits per heavy atom. The third-order valence-corrected chi connectivity index (χ3v) is 9.13. The number of hydrogen-bond donors (Lipinski definition) is 1. The minimum absolute atomic E-state index is 0.0784. The topological polar surface area (TPSA) is 79.4 Å². The van der Waals surface area contributed by atoms with Gasteiger partial charge in [0.05, 0.1) is 15.1 Å². The highest BCUT2D eigenvalue weighted by molar-refractivity contribution is 7.89. The maximum absolute atomic E-state index is 13.1. The zero-order valence-corrected chi connectivity index (χ0v) is 19.1. The summed E-state index contributed by atoms with van der Waals surface area (Å²) in [6.07, 6.45) is 4.10. The van der Waals surface area contributed by atoms with E-state index in [-0.39, 0.29) is 11.8 Å². The van der Waals surface area contributed by atoms with Gasteiger partial charge in [0.15, 0.2) is 5.13 Å². The number of piperidine rings is 1. The minimum atomic E-state index is -3.52. The lowest BCUT2D eigenvalue weighted by Crippen LogP contribution is -2.41. The van der Waals surface area contributed by atoms with E-state index in [1.165, 1.54) is 21.2 Å². The lowest BCUT2D eigenvalue weighted by Gasteiger charge is -2.30. The van der Waals surface area contributed by atoms with E-state index in [0.717, 1.165) is 40.6 Å². The molecule has 1 aliphatic carbocycles. The van der Waals surface area contributed by atoms with E-state index in [2.05, 4.69) is 16.4 Å². The Labute approximate surface area is 186 Å². The highest BCUT2D eigenvalue weighted by Gasteiger charge is 2.33. The van der Waals surface area contributed by atoms with Crippen LogP contribution >= 0.6 is 11.3 Å². The highest BCUT2D eigenvalue weighted by Crippen LogP contribution is 2.30. The Bertz CT molecular complexity index is 1260. The number of carbonyl (C=O) groups is 1. The molecule has 31 heavy (non-hydrogen) atoms. The largest absolute Gasteiger partial charge is 0.302 e. The van der Waals surface area contributed by atoms with E-state index in [0.29, 0.717) is 36.0 Å². The molecule has 3 aromatic rings. The van der Waals surface area contributed by atoms with Gasteiger partial charge in [-0.05, 0) is 80.0 Å². The molecular weight excluding hydrogens is 430 g/mol. The number of nitrogens with zero attached hydrogens (tertiary/aromatic N) is 2. The molecule has 2 aliphatic rings. The van der Waals surface area contributed by atoms with Crippen LogP contribution in [0.3, 0.4) is 0 Å². The maximum Gasteiger partial charge on any atom is 0.243 e.